The Balaban J connectivity index is 2.22. The van der Waals surface area contributed by atoms with Gasteiger partial charge in [0.05, 0.1) is 5.54 Å². The molecule has 1 fully saturated rings. The molecule has 0 spiro atoms. The van der Waals surface area contributed by atoms with Gasteiger partial charge in [-0.15, -0.1) is 0 Å². The maximum Gasteiger partial charge on any atom is 0.239 e. The second kappa shape index (κ2) is 4.33. The van der Waals surface area contributed by atoms with Crippen LogP contribution in [0.5, 0.6) is 0 Å². The first-order valence-electron chi connectivity index (χ1n) is 4.69. The monoisotopic (exact) mass is 202 g/mol. The fourth-order valence-corrected chi connectivity index (χ4v) is 2.44. The molecule has 3 nitrogen and oxygen atoms in total. The molecule has 0 bridgehead atoms. The normalized spacial score (nSPS) is 23.2. The van der Waals surface area contributed by atoms with Crippen molar-refractivity contribution >= 4 is 17.7 Å². The topological polar surface area (TPSA) is 55.1 Å². The molecule has 3 N–H and O–H groups in total. The summed E-state index contributed by atoms with van der Waals surface area (Å²) in [5.41, 5.74) is 4.90. The molecular weight excluding hydrogens is 184 g/mol. The van der Waals surface area contributed by atoms with Crippen molar-refractivity contribution in [3.63, 3.8) is 0 Å². The van der Waals surface area contributed by atoms with Crippen molar-refractivity contribution in [3.8, 4) is 0 Å². The number of nitrogens with one attached hydrogen (secondary N) is 1. The molecule has 0 saturated carbocycles. The van der Waals surface area contributed by atoms with E-state index in [9.17, 15) is 4.79 Å². The van der Waals surface area contributed by atoms with Crippen LogP contribution in [0.1, 0.15) is 26.7 Å². The van der Waals surface area contributed by atoms with Crippen molar-refractivity contribution in [2.45, 2.75) is 37.5 Å². The van der Waals surface area contributed by atoms with Crippen LogP contribution in [0.2, 0.25) is 0 Å². The number of carbonyl (C=O) groups excluding carboxylic acids is 1. The van der Waals surface area contributed by atoms with Crippen LogP contribution < -0.4 is 11.1 Å². The van der Waals surface area contributed by atoms with E-state index >= 15 is 0 Å². The fraction of sp³-hybridized carbons (Fsp3) is 0.889. The van der Waals surface area contributed by atoms with Gasteiger partial charge < -0.3 is 11.1 Å². The molecule has 76 valence electrons. The lowest BCUT2D eigenvalue weighted by Gasteiger charge is -2.19. The van der Waals surface area contributed by atoms with Gasteiger partial charge in [0.25, 0.3) is 0 Å². The van der Waals surface area contributed by atoms with Crippen molar-refractivity contribution < 1.29 is 4.79 Å². The molecule has 1 saturated heterocycles. The molecule has 1 amide bonds. The Bertz CT molecular complexity index is 183. The molecule has 0 aliphatic carbocycles. The van der Waals surface area contributed by atoms with E-state index in [1.54, 1.807) is 13.8 Å². The first-order chi connectivity index (χ1) is 6.00. The summed E-state index contributed by atoms with van der Waals surface area (Å²) in [7, 11) is 0. The largest absolute Gasteiger partial charge is 0.353 e. The summed E-state index contributed by atoms with van der Waals surface area (Å²) in [4.78, 5) is 11.4. The van der Waals surface area contributed by atoms with Crippen LogP contribution in [0, 0.1) is 0 Å². The summed E-state index contributed by atoms with van der Waals surface area (Å²) in [5.74, 6) is 1.17. The average molecular weight is 202 g/mol. The van der Waals surface area contributed by atoms with E-state index in [4.69, 9.17) is 5.73 Å². The Morgan fingerprint density at radius 1 is 1.69 bits per heavy atom. The van der Waals surface area contributed by atoms with Gasteiger partial charge in [0.15, 0.2) is 0 Å². The predicted octanol–water partition coefficient (Wildman–Crippen LogP) is 0.735. The third-order valence-electron chi connectivity index (χ3n) is 2.10. The number of rotatable bonds is 3. The third kappa shape index (κ3) is 3.56. The summed E-state index contributed by atoms with van der Waals surface area (Å²) in [6.07, 6.45) is 2.49. The zero-order chi connectivity index (χ0) is 9.90. The maximum atomic E-state index is 11.4. The Kier molecular flexibility index (Phi) is 3.62. The second-order valence-corrected chi connectivity index (χ2v) is 5.47. The first kappa shape index (κ1) is 10.9. The number of amides is 1. The van der Waals surface area contributed by atoms with Gasteiger partial charge in [0.1, 0.15) is 0 Å². The Labute approximate surface area is 83.8 Å². The molecule has 0 radical (unpaired) electrons. The molecule has 4 heteroatoms. The van der Waals surface area contributed by atoms with Crippen LogP contribution in [0.25, 0.3) is 0 Å². The van der Waals surface area contributed by atoms with Crippen LogP contribution in [0.4, 0.5) is 0 Å². The number of carbonyl (C=O) groups is 1. The lowest BCUT2D eigenvalue weighted by Crippen LogP contribution is -2.50. The van der Waals surface area contributed by atoms with Crippen molar-refractivity contribution in [2.24, 2.45) is 5.73 Å². The summed E-state index contributed by atoms with van der Waals surface area (Å²) in [6, 6.07) is 0. The van der Waals surface area contributed by atoms with Crippen molar-refractivity contribution in [1.29, 1.82) is 0 Å². The summed E-state index contributed by atoms with van der Waals surface area (Å²) in [6.45, 7) is 4.22. The first-order valence-corrected chi connectivity index (χ1v) is 5.74. The highest BCUT2D eigenvalue weighted by Crippen LogP contribution is 2.25. The Hall–Kier alpha value is -0.220. The minimum Gasteiger partial charge on any atom is -0.353 e. The Morgan fingerprint density at radius 3 is 2.85 bits per heavy atom. The van der Waals surface area contributed by atoms with Gasteiger partial charge >= 0.3 is 0 Å². The predicted molar refractivity (Wildman–Crippen MR) is 56.8 cm³/mol. The standard InChI is InChI=1S/C9H18N2OS/c1-9(2,10)8(12)11-6-7-4-3-5-13-7/h7H,3-6,10H2,1-2H3,(H,11,12). The van der Waals surface area contributed by atoms with E-state index in [-0.39, 0.29) is 5.91 Å². The highest BCUT2D eigenvalue weighted by Gasteiger charge is 2.23. The highest BCUT2D eigenvalue weighted by atomic mass is 32.2. The number of thioether (sulfide) groups is 1. The molecule has 1 heterocycles. The third-order valence-corrected chi connectivity index (χ3v) is 3.50. The molecule has 13 heavy (non-hydrogen) atoms. The van der Waals surface area contributed by atoms with E-state index in [2.05, 4.69) is 5.32 Å². The second-order valence-electron chi connectivity index (χ2n) is 4.07. The summed E-state index contributed by atoms with van der Waals surface area (Å²) >= 11 is 1.94. The van der Waals surface area contributed by atoms with E-state index in [0.29, 0.717) is 5.25 Å². The lowest BCUT2D eigenvalue weighted by molar-refractivity contribution is -0.125. The zero-order valence-corrected chi connectivity index (χ0v) is 9.12. The number of hydrogen-bond acceptors (Lipinski definition) is 3. The molecule has 1 unspecified atom stereocenters. The van der Waals surface area contributed by atoms with Gasteiger partial charge in [-0.2, -0.15) is 11.8 Å². The SMILES string of the molecule is CC(C)(N)C(=O)NCC1CCCS1. The van der Waals surface area contributed by atoms with Crippen LogP contribution in [0.3, 0.4) is 0 Å². The van der Waals surface area contributed by atoms with Gasteiger partial charge in [0, 0.05) is 11.8 Å². The van der Waals surface area contributed by atoms with Gasteiger partial charge in [-0.3, -0.25) is 4.79 Å². The fourth-order valence-electron chi connectivity index (χ4n) is 1.24. The van der Waals surface area contributed by atoms with Crippen LogP contribution in [-0.2, 0) is 4.79 Å². The van der Waals surface area contributed by atoms with Crippen molar-refractivity contribution in [2.75, 3.05) is 12.3 Å². The Morgan fingerprint density at radius 2 is 2.38 bits per heavy atom. The van der Waals surface area contributed by atoms with Gasteiger partial charge in [-0.25, -0.2) is 0 Å². The minimum atomic E-state index is -0.747. The van der Waals surface area contributed by atoms with E-state index in [1.165, 1.54) is 18.6 Å². The number of nitrogens with two attached hydrogens (primary N) is 1. The molecule has 0 aromatic rings. The van der Waals surface area contributed by atoms with E-state index in [0.717, 1.165) is 6.54 Å². The van der Waals surface area contributed by atoms with Crippen LogP contribution in [0.15, 0.2) is 0 Å². The van der Waals surface area contributed by atoms with Gasteiger partial charge in [0.2, 0.25) is 5.91 Å². The summed E-state index contributed by atoms with van der Waals surface area (Å²) in [5, 5.41) is 3.48. The maximum absolute atomic E-state index is 11.4. The molecule has 1 aliphatic heterocycles. The minimum absolute atomic E-state index is 0.0556. The smallest absolute Gasteiger partial charge is 0.239 e. The van der Waals surface area contributed by atoms with Crippen molar-refractivity contribution in [1.82, 2.24) is 5.32 Å². The number of hydrogen-bond donors (Lipinski definition) is 2. The van der Waals surface area contributed by atoms with Gasteiger partial charge in [-0.1, -0.05) is 0 Å². The molecule has 1 rings (SSSR count). The molecule has 0 aromatic heterocycles. The quantitative estimate of drug-likeness (QED) is 0.709. The van der Waals surface area contributed by atoms with Crippen molar-refractivity contribution in [3.05, 3.63) is 0 Å². The van der Waals surface area contributed by atoms with E-state index in [1.807, 2.05) is 11.8 Å². The van der Waals surface area contributed by atoms with E-state index < -0.39 is 5.54 Å². The molecular formula is C9H18N2OS. The average Bonchev–Trinajstić information content (AvgIpc) is 2.50. The lowest BCUT2D eigenvalue weighted by atomic mass is 10.1. The summed E-state index contributed by atoms with van der Waals surface area (Å²) < 4.78 is 0. The van der Waals surface area contributed by atoms with Crippen LogP contribution in [-0.4, -0.2) is 29.0 Å². The zero-order valence-electron chi connectivity index (χ0n) is 8.30. The molecule has 1 aliphatic rings. The highest BCUT2D eigenvalue weighted by molar-refractivity contribution is 8.00. The van der Waals surface area contributed by atoms with Crippen LogP contribution >= 0.6 is 11.8 Å². The van der Waals surface area contributed by atoms with Gasteiger partial charge in [-0.05, 0) is 32.4 Å². The molecule has 0 aromatic carbocycles. The molecule has 1 atom stereocenters.